The van der Waals surface area contributed by atoms with Crippen molar-refractivity contribution in [1.29, 1.82) is 0 Å². The minimum atomic E-state index is -0.548. The average Bonchev–Trinajstić information content (AvgIpc) is 3.51. The first-order chi connectivity index (χ1) is 19.8. The number of fused-ring (bicyclic) bond motifs is 3. The predicted octanol–water partition coefficient (Wildman–Crippen LogP) is 6.21. The molecule has 3 aliphatic rings. The number of amides is 1. The van der Waals surface area contributed by atoms with Crippen LogP contribution in [-0.4, -0.2) is 43.4 Å². The third kappa shape index (κ3) is 4.63. The van der Waals surface area contributed by atoms with Crippen LogP contribution in [0.5, 0.6) is 0 Å². The van der Waals surface area contributed by atoms with Gasteiger partial charge in [-0.15, -0.1) is 0 Å². The lowest BCUT2D eigenvalue weighted by Crippen LogP contribution is -2.42. The molecule has 7 rings (SSSR count). The molecule has 4 heterocycles. The Morgan fingerprint density at radius 2 is 2.02 bits per heavy atom. The van der Waals surface area contributed by atoms with E-state index in [2.05, 4.69) is 55.7 Å². The number of carbonyl (C=O) groups excluding carboxylic acids is 1. The van der Waals surface area contributed by atoms with Crippen LogP contribution in [0.2, 0.25) is 0 Å². The first-order valence-electron chi connectivity index (χ1n) is 14.5. The Balaban J connectivity index is 1.15. The van der Waals surface area contributed by atoms with Crippen LogP contribution in [0.1, 0.15) is 75.0 Å². The maximum absolute atomic E-state index is 12.9. The van der Waals surface area contributed by atoms with E-state index in [1.54, 1.807) is 0 Å². The first kappa shape index (κ1) is 25.7. The molecule has 3 aromatic heterocycles. The monoisotopic (exact) mass is 549 g/mol. The molecule has 4 aromatic rings. The van der Waals surface area contributed by atoms with Crippen LogP contribution in [0.3, 0.4) is 0 Å². The molecule has 2 aliphatic carbocycles. The number of H-pyrrole nitrogens is 1. The number of anilines is 2. The van der Waals surface area contributed by atoms with E-state index in [0.717, 1.165) is 73.5 Å². The van der Waals surface area contributed by atoms with Crippen LogP contribution in [0, 0.1) is 5.41 Å². The summed E-state index contributed by atoms with van der Waals surface area (Å²) < 4.78 is 5.65. The number of allylic oxidation sites excluding steroid dienone is 2. The van der Waals surface area contributed by atoms with Crippen molar-refractivity contribution in [2.75, 3.05) is 11.4 Å². The zero-order valence-electron chi connectivity index (χ0n) is 23.8. The Labute approximate surface area is 239 Å². The highest BCUT2D eigenvalue weighted by Crippen LogP contribution is 2.54. The van der Waals surface area contributed by atoms with E-state index in [4.69, 9.17) is 14.7 Å². The van der Waals surface area contributed by atoms with Crippen LogP contribution in [0.4, 0.5) is 16.3 Å². The molecule has 1 aliphatic heterocycles. The van der Waals surface area contributed by atoms with Gasteiger partial charge in [-0.3, -0.25) is 10.1 Å². The van der Waals surface area contributed by atoms with Crippen molar-refractivity contribution < 1.29 is 9.53 Å². The number of aryl methyl sites for hydroxylation is 1. The third-order valence-corrected chi connectivity index (χ3v) is 8.62. The van der Waals surface area contributed by atoms with Gasteiger partial charge in [0.1, 0.15) is 5.60 Å². The van der Waals surface area contributed by atoms with Crippen molar-refractivity contribution in [3.8, 4) is 0 Å². The number of pyridine rings is 1. The Morgan fingerprint density at radius 1 is 1.15 bits per heavy atom. The number of ether oxygens (including phenoxy) is 1. The fourth-order valence-corrected chi connectivity index (χ4v) is 6.76. The Kier molecular flexibility index (Phi) is 6.06. The van der Waals surface area contributed by atoms with E-state index in [0.29, 0.717) is 5.65 Å². The Bertz CT molecular complexity index is 1670. The molecule has 0 unspecified atom stereocenters. The van der Waals surface area contributed by atoms with E-state index in [1.165, 1.54) is 16.7 Å². The molecule has 41 heavy (non-hydrogen) atoms. The number of aromatic nitrogens is 5. The van der Waals surface area contributed by atoms with Gasteiger partial charge in [0.2, 0.25) is 0 Å². The summed E-state index contributed by atoms with van der Waals surface area (Å²) in [6.07, 6.45) is 11.2. The molecule has 0 bridgehead atoms. The summed E-state index contributed by atoms with van der Waals surface area (Å²) in [4.78, 5) is 29.4. The molecule has 0 saturated carbocycles. The molecular weight excluding hydrogens is 514 g/mol. The van der Waals surface area contributed by atoms with Gasteiger partial charge >= 0.3 is 6.09 Å². The van der Waals surface area contributed by atoms with Crippen molar-refractivity contribution in [3.63, 3.8) is 0 Å². The van der Waals surface area contributed by atoms with E-state index < -0.39 is 5.60 Å². The largest absolute Gasteiger partial charge is 0.444 e. The number of carbonyl (C=O) groups is 1. The van der Waals surface area contributed by atoms with Gasteiger partial charge < -0.3 is 15.0 Å². The van der Waals surface area contributed by atoms with Gasteiger partial charge in [0, 0.05) is 18.2 Å². The smallest absolute Gasteiger partial charge is 0.408 e. The van der Waals surface area contributed by atoms with Gasteiger partial charge in [-0.1, -0.05) is 30.3 Å². The summed E-state index contributed by atoms with van der Waals surface area (Å²) >= 11 is 0. The molecule has 9 heteroatoms. The van der Waals surface area contributed by atoms with E-state index in [-0.39, 0.29) is 17.6 Å². The number of hydrogen-bond donors (Lipinski definition) is 2. The van der Waals surface area contributed by atoms with Crippen molar-refractivity contribution in [2.24, 2.45) is 5.41 Å². The Hall–Kier alpha value is -4.27. The second kappa shape index (κ2) is 9.68. The van der Waals surface area contributed by atoms with Gasteiger partial charge in [0.05, 0.1) is 29.3 Å². The molecule has 0 radical (unpaired) electrons. The topological polar surface area (TPSA) is 109 Å². The second-order valence-electron chi connectivity index (χ2n) is 12.5. The fourth-order valence-electron chi connectivity index (χ4n) is 6.76. The van der Waals surface area contributed by atoms with Gasteiger partial charge in [0.25, 0.3) is 0 Å². The summed E-state index contributed by atoms with van der Waals surface area (Å²) in [6, 6.07) is 12.4. The summed E-state index contributed by atoms with van der Waals surface area (Å²) in [6.45, 7) is 6.55. The maximum atomic E-state index is 12.9. The molecule has 0 saturated heterocycles. The molecule has 1 spiro atoms. The van der Waals surface area contributed by atoms with Crippen LogP contribution < -0.4 is 10.2 Å². The lowest BCUT2D eigenvalue weighted by atomic mass is 9.70. The van der Waals surface area contributed by atoms with E-state index in [9.17, 15) is 4.79 Å². The molecule has 1 amide bonds. The number of alkyl carbamates (subject to hydrolysis) is 1. The molecule has 210 valence electrons. The Morgan fingerprint density at radius 3 is 2.85 bits per heavy atom. The highest BCUT2D eigenvalue weighted by Gasteiger charge is 2.47. The van der Waals surface area contributed by atoms with Crippen LogP contribution >= 0.6 is 0 Å². The number of benzene rings is 1. The number of nitrogens with zero attached hydrogens (tertiary/aromatic N) is 5. The standard InChI is InChI=1S/C32H35N7O2/c1-31(2,3)41-30(40)36-27-22-9-5-4-8-21(22)18-32(27)14-12-20(13-15-32)24-19-34-26-28(35-24)37-38-29(26)39-17-7-10-23-25(39)11-6-16-33-23/h4-6,8-9,11-12,16,19,27H,7,10,13-15,17-18H2,1-3H3,(H,36,40)(H,35,37,38)/t27-,32+/m1/s1. The zero-order chi connectivity index (χ0) is 28.2. The number of nitrogens with one attached hydrogen (secondary N) is 2. The van der Waals surface area contributed by atoms with Gasteiger partial charge in [0.15, 0.2) is 17.0 Å². The first-order valence-corrected chi connectivity index (χ1v) is 14.5. The summed E-state index contributed by atoms with van der Waals surface area (Å²) in [5.41, 5.74) is 7.53. The average molecular weight is 550 g/mol. The van der Waals surface area contributed by atoms with Gasteiger partial charge in [-0.05, 0) is 88.1 Å². The molecule has 2 atom stereocenters. The third-order valence-electron chi connectivity index (χ3n) is 8.62. The molecule has 9 nitrogen and oxygen atoms in total. The molecule has 0 fully saturated rings. The summed E-state index contributed by atoms with van der Waals surface area (Å²) in [5.74, 6) is 0.796. The number of hydrogen-bond acceptors (Lipinski definition) is 7. The highest BCUT2D eigenvalue weighted by atomic mass is 16.6. The normalized spacial score (nSPS) is 21.9. The lowest BCUT2D eigenvalue weighted by Gasteiger charge is -2.39. The minimum Gasteiger partial charge on any atom is -0.444 e. The van der Waals surface area contributed by atoms with E-state index >= 15 is 0 Å². The van der Waals surface area contributed by atoms with Crippen LogP contribution in [-0.2, 0) is 17.6 Å². The molecule has 2 N–H and O–H groups in total. The fraction of sp³-hybridized carbons (Fsp3) is 0.406. The van der Waals surface area contributed by atoms with Crippen molar-refractivity contribution in [1.82, 2.24) is 30.5 Å². The number of aromatic amines is 1. The SMILES string of the molecule is CC(C)(C)OC(=O)N[C@@H]1c2ccccc2C[C@@]12CC=C(c1cnc3c(N4CCCc5ncccc54)n[nH]c3n1)CC2. The van der Waals surface area contributed by atoms with Crippen molar-refractivity contribution >= 4 is 34.3 Å². The van der Waals surface area contributed by atoms with Crippen LogP contribution in [0.25, 0.3) is 16.7 Å². The van der Waals surface area contributed by atoms with Gasteiger partial charge in [-0.2, -0.15) is 5.10 Å². The summed E-state index contributed by atoms with van der Waals surface area (Å²) in [7, 11) is 0. The maximum Gasteiger partial charge on any atom is 0.408 e. The van der Waals surface area contributed by atoms with Crippen molar-refractivity contribution in [2.45, 2.75) is 70.9 Å². The van der Waals surface area contributed by atoms with E-state index in [1.807, 2.05) is 45.3 Å². The molecular formula is C32H35N7O2. The van der Waals surface area contributed by atoms with Crippen molar-refractivity contribution in [3.05, 3.63) is 77.4 Å². The lowest BCUT2D eigenvalue weighted by molar-refractivity contribution is 0.0442. The summed E-state index contributed by atoms with van der Waals surface area (Å²) in [5, 5.41) is 11.0. The predicted molar refractivity (Wildman–Crippen MR) is 158 cm³/mol. The second-order valence-corrected chi connectivity index (χ2v) is 12.5. The minimum absolute atomic E-state index is 0.0987. The van der Waals surface area contributed by atoms with Gasteiger partial charge in [-0.25, -0.2) is 14.8 Å². The molecule has 1 aromatic carbocycles. The quantitative estimate of drug-likeness (QED) is 0.313. The number of rotatable bonds is 3. The highest BCUT2D eigenvalue weighted by molar-refractivity contribution is 5.87. The van der Waals surface area contributed by atoms with Crippen LogP contribution in [0.15, 0.2) is 54.9 Å². The zero-order valence-corrected chi connectivity index (χ0v) is 23.8.